The van der Waals surface area contributed by atoms with Crippen LogP contribution < -0.4 is 4.74 Å². The standard InChI is InChI=1S/C17H13NO3/c19-17(15-9-3-4-11-18-15)21-12-20-16-10-5-7-13-6-1-2-8-14(13)16/h1-11H,12H2. The fraction of sp³-hybridized carbons (Fsp3) is 0.0588. The van der Waals surface area contributed by atoms with Crippen LogP contribution in [0.1, 0.15) is 10.5 Å². The van der Waals surface area contributed by atoms with E-state index in [2.05, 4.69) is 4.98 Å². The number of ether oxygens (including phenoxy) is 2. The minimum atomic E-state index is -0.504. The van der Waals surface area contributed by atoms with E-state index in [-0.39, 0.29) is 12.5 Å². The summed E-state index contributed by atoms with van der Waals surface area (Å²) in [4.78, 5) is 15.7. The fourth-order valence-corrected chi connectivity index (χ4v) is 2.03. The molecule has 0 bridgehead atoms. The molecular formula is C17H13NO3. The summed E-state index contributed by atoms with van der Waals surface area (Å²) in [6.07, 6.45) is 1.54. The van der Waals surface area contributed by atoms with Crippen LogP contribution in [0.3, 0.4) is 0 Å². The lowest BCUT2D eigenvalue weighted by Gasteiger charge is -2.09. The van der Waals surface area contributed by atoms with Gasteiger partial charge >= 0.3 is 5.97 Å². The van der Waals surface area contributed by atoms with E-state index < -0.39 is 5.97 Å². The van der Waals surface area contributed by atoms with Gasteiger partial charge in [-0.05, 0) is 23.6 Å². The lowest BCUT2D eigenvalue weighted by molar-refractivity contribution is 0.0152. The summed E-state index contributed by atoms with van der Waals surface area (Å²) < 4.78 is 10.6. The molecule has 0 aliphatic rings. The van der Waals surface area contributed by atoms with E-state index in [1.807, 2.05) is 42.5 Å². The summed E-state index contributed by atoms with van der Waals surface area (Å²) in [7, 11) is 0. The van der Waals surface area contributed by atoms with Crippen LogP contribution in [0.4, 0.5) is 0 Å². The van der Waals surface area contributed by atoms with Crippen molar-refractivity contribution in [2.24, 2.45) is 0 Å². The van der Waals surface area contributed by atoms with E-state index >= 15 is 0 Å². The van der Waals surface area contributed by atoms with E-state index in [1.54, 1.807) is 24.4 Å². The molecule has 0 aliphatic carbocycles. The first kappa shape index (κ1) is 13.1. The Bertz CT molecular complexity index is 751. The Kier molecular flexibility index (Phi) is 3.78. The van der Waals surface area contributed by atoms with Crippen molar-refractivity contribution in [1.82, 2.24) is 4.98 Å². The molecule has 1 aromatic heterocycles. The maximum Gasteiger partial charge on any atom is 0.359 e. The van der Waals surface area contributed by atoms with Gasteiger partial charge < -0.3 is 9.47 Å². The number of aromatic nitrogens is 1. The van der Waals surface area contributed by atoms with Gasteiger partial charge in [-0.2, -0.15) is 0 Å². The number of nitrogens with zero attached hydrogens (tertiary/aromatic N) is 1. The second kappa shape index (κ2) is 6.05. The molecule has 0 atom stereocenters. The van der Waals surface area contributed by atoms with Gasteiger partial charge in [0.2, 0.25) is 6.79 Å². The quantitative estimate of drug-likeness (QED) is 0.542. The molecular weight excluding hydrogens is 266 g/mol. The number of hydrogen-bond acceptors (Lipinski definition) is 4. The van der Waals surface area contributed by atoms with Gasteiger partial charge in [0.15, 0.2) is 0 Å². The Morgan fingerprint density at radius 3 is 2.62 bits per heavy atom. The predicted molar refractivity (Wildman–Crippen MR) is 79.1 cm³/mol. The van der Waals surface area contributed by atoms with Crippen LogP contribution in [0.25, 0.3) is 10.8 Å². The lowest BCUT2D eigenvalue weighted by atomic mass is 10.1. The van der Waals surface area contributed by atoms with Crippen LogP contribution in [-0.2, 0) is 4.74 Å². The van der Waals surface area contributed by atoms with Crippen LogP contribution in [0.15, 0.2) is 66.9 Å². The molecule has 0 saturated carbocycles. The van der Waals surface area contributed by atoms with E-state index in [0.717, 1.165) is 10.8 Å². The third-order valence-electron chi connectivity index (χ3n) is 3.03. The van der Waals surface area contributed by atoms with Crippen LogP contribution in [0.5, 0.6) is 5.75 Å². The number of carbonyl (C=O) groups is 1. The van der Waals surface area contributed by atoms with Crippen molar-refractivity contribution < 1.29 is 14.3 Å². The summed E-state index contributed by atoms with van der Waals surface area (Å²) in [5.41, 5.74) is 0.263. The molecule has 0 fully saturated rings. The molecule has 0 spiro atoms. The highest BCUT2D eigenvalue weighted by molar-refractivity contribution is 5.88. The summed E-state index contributed by atoms with van der Waals surface area (Å²) in [5, 5.41) is 2.06. The molecule has 0 saturated heterocycles. The number of rotatable bonds is 4. The zero-order valence-electron chi connectivity index (χ0n) is 11.2. The van der Waals surface area contributed by atoms with Crippen molar-refractivity contribution in [2.75, 3.05) is 6.79 Å². The van der Waals surface area contributed by atoms with Gasteiger partial charge in [0.25, 0.3) is 0 Å². The molecule has 3 aromatic rings. The Morgan fingerprint density at radius 1 is 0.952 bits per heavy atom. The maximum atomic E-state index is 11.7. The molecule has 21 heavy (non-hydrogen) atoms. The van der Waals surface area contributed by atoms with Crippen molar-refractivity contribution in [1.29, 1.82) is 0 Å². The number of pyridine rings is 1. The third kappa shape index (κ3) is 3.00. The van der Waals surface area contributed by atoms with Crippen LogP contribution in [0, 0.1) is 0 Å². The molecule has 3 rings (SSSR count). The molecule has 0 radical (unpaired) electrons. The molecule has 1 heterocycles. The van der Waals surface area contributed by atoms with E-state index in [1.165, 1.54) is 0 Å². The van der Waals surface area contributed by atoms with Crippen molar-refractivity contribution in [2.45, 2.75) is 0 Å². The molecule has 0 unspecified atom stereocenters. The van der Waals surface area contributed by atoms with Crippen LogP contribution in [0.2, 0.25) is 0 Å². The van der Waals surface area contributed by atoms with Crippen LogP contribution >= 0.6 is 0 Å². The Morgan fingerprint density at radius 2 is 1.76 bits per heavy atom. The average Bonchev–Trinajstić information content (AvgIpc) is 2.56. The average molecular weight is 279 g/mol. The molecule has 104 valence electrons. The first-order valence-corrected chi connectivity index (χ1v) is 6.53. The largest absolute Gasteiger partial charge is 0.457 e. The predicted octanol–water partition coefficient (Wildman–Crippen LogP) is 3.43. The zero-order chi connectivity index (χ0) is 14.5. The maximum absolute atomic E-state index is 11.7. The third-order valence-corrected chi connectivity index (χ3v) is 3.03. The lowest BCUT2D eigenvalue weighted by Crippen LogP contribution is -2.11. The van der Waals surface area contributed by atoms with Gasteiger partial charge in [0.1, 0.15) is 11.4 Å². The molecule has 0 N–H and O–H groups in total. The summed E-state index contributed by atoms with van der Waals surface area (Å²) in [6, 6.07) is 18.7. The fourth-order valence-electron chi connectivity index (χ4n) is 2.03. The smallest absolute Gasteiger partial charge is 0.359 e. The topological polar surface area (TPSA) is 48.4 Å². The minimum Gasteiger partial charge on any atom is -0.457 e. The molecule has 2 aromatic carbocycles. The van der Waals surface area contributed by atoms with Crippen molar-refractivity contribution >= 4 is 16.7 Å². The number of fused-ring (bicyclic) bond motifs is 1. The van der Waals surface area contributed by atoms with Crippen molar-refractivity contribution in [3.8, 4) is 5.75 Å². The highest BCUT2D eigenvalue weighted by Crippen LogP contribution is 2.25. The number of carbonyl (C=O) groups excluding carboxylic acids is 1. The highest BCUT2D eigenvalue weighted by atomic mass is 16.7. The number of hydrogen-bond donors (Lipinski definition) is 0. The summed E-state index contributed by atoms with van der Waals surface area (Å²) in [6.45, 7) is -0.149. The van der Waals surface area contributed by atoms with Gasteiger partial charge in [0, 0.05) is 11.6 Å². The molecule has 0 amide bonds. The number of benzene rings is 2. The molecule has 0 aliphatic heterocycles. The Balaban J connectivity index is 1.66. The minimum absolute atomic E-state index is 0.149. The summed E-state index contributed by atoms with van der Waals surface area (Å²) in [5.74, 6) is 0.178. The van der Waals surface area contributed by atoms with Crippen molar-refractivity contribution in [3.63, 3.8) is 0 Å². The highest BCUT2D eigenvalue weighted by Gasteiger charge is 2.08. The normalized spacial score (nSPS) is 10.3. The van der Waals surface area contributed by atoms with Gasteiger partial charge in [-0.3, -0.25) is 0 Å². The summed E-state index contributed by atoms with van der Waals surface area (Å²) >= 11 is 0. The second-order valence-corrected chi connectivity index (χ2v) is 4.39. The Labute approximate surface area is 122 Å². The van der Waals surface area contributed by atoms with Gasteiger partial charge in [0.05, 0.1) is 0 Å². The van der Waals surface area contributed by atoms with Gasteiger partial charge in [-0.1, -0.05) is 42.5 Å². The number of esters is 1. The first-order chi connectivity index (χ1) is 10.3. The first-order valence-electron chi connectivity index (χ1n) is 6.53. The second-order valence-electron chi connectivity index (χ2n) is 4.39. The SMILES string of the molecule is O=C(OCOc1cccc2ccccc12)c1ccccn1. The monoisotopic (exact) mass is 279 g/mol. The van der Waals surface area contributed by atoms with E-state index in [4.69, 9.17) is 9.47 Å². The van der Waals surface area contributed by atoms with E-state index in [9.17, 15) is 4.79 Å². The Hall–Kier alpha value is -2.88. The van der Waals surface area contributed by atoms with Crippen molar-refractivity contribution in [3.05, 3.63) is 72.6 Å². The van der Waals surface area contributed by atoms with E-state index in [0.29, 0.717) is 5.75 Å². The molecule has 4 heteroatoms. The molecule has 4 nitrogen and oxygen atoms in total. The zero-order valence-corrected chi connectivity index (χ0v) is 11.2. The van der Waals surface area contributed by atoms with Crippen LogP contribution in [-0.4, -0.2) is 17.7 Å². The van der Waals surface area contributed by atoms with Gasteiger partial charge in [-0.15, -0.1) is 0 Å². The van der Waals surface area contributed by atoms with Gasteiger partial charge in [-0.25, -0.2) is 9.78 Å².